The summed E-state index contributed by atoms with van der Waals surface area (Å²) in [5.41, 5.74) is 2.74. The fourth-order valence-corrected chi connectivity index (χ4v) is 1.59. The van der Waals surface area contributed by atoms with E-state index in [1.165, 1.54) is 0 Å². The van der Waals surface area contributed by atoms with E-state index in [9.17, 15) is 4.79 Å². The van der Waals surface area contributed by atoms with Gasteiger partial charge in [0.1, 0.15) is 5.92 Å². The van der Waals surface area contributed by atoms with Crippen LogP contribution in [-0.2, 0) is 4.79 Å². The molecule has 2 rings (SSSR count). The Morgan fingerprint density at radius 1 is 1.64 bits per heavy atom. The molecule has 2 atom stereocenters. The van der Waals surface area contributed by atoms with E-state index in [2.05, 4.69) is 20.8 Å². The van der Waals surface area contributed by atoms with Gasteiger partial charge in [-0.1, -0.05) is 0 Å². The number of amidine groups is 1. The molecule has 0 bridgehead atoms. The van der Waals surface area contributed by atoms with Crippen LogP contribution in [0.5, 0.6) is 0 Å². The number of hydrogen-bond donors (Lipinski definition) is 2. The van der Waals surface area contributed by atoms with Crippen LogP contribution < -0.4 is 10.7 Å². The third kappa shape index (κ3) is 1.10. The van der Waals surface area contributed by atoms with Crippen molar-refractivity contribution < 1.29 is 4.79 Å². The van der Waals surface area contributed by atoms with Crippen LogP contribution in [0.2, 0.25) is 0 Å². The highest BCUT2D eigenvalue weighted by Crippen LogP contribution is 2.14. The Morgan fingerprint density at radius 2 is 2.45 bits per heavy atom. The number of hydrazone groups is 1. The van der Waals surface area contributed by atoms with E-state index in [0.29, 0.717) is 3.84 Å². The van der Waals surface area contributed by atoms with Crippen LogP contribution in [0.4, 0.5) is 0 Å². The monoisotopic (exact) mass is 264 g/mol. The van der Waals surface area contributed by atoms with Crippen molar-refractivity contribution in [3.63, 3.8) is 0 Å². The van der Waals surface area contributed by atoms with Gasteiger partial charge in [-0.25, -0.2) is 4.99 Å². The van der Waals surface area contributed by atoms with Crippen LogP contribution in [0.3, 0.4) is 0 Å². The lowest BCUT2D eigenvalue weighted by molar-refractivity contribution is -0.122. The zero-order chi connectivity index (χ0) is 7.84. The molecule has 0 aliphatic carbocycles. The fourth-order valence-electron chi connectivity index (χ4n) is 1.02. The van der Waals surface area contributed by atoms with Crippen molar-refractivity contribution in [2.75, 3.05) is 0 Å². The number of hydrogen-bond acceptors (Lipinski definition) is 4. The van der Waals surface area contributed by atoms with Crippen LogP contribution in [0.15, 0.2) is 10.1 Å². The predicted molar refractivity (Wildman–Crippen MR) is 48.5 cm³/mol. The van der Waals surface area contributed by atoms with E-state index in [-0.39, 0.29) is 18.0 Å². The smallest absolute Gasteiger partial charge is 0.238 e. The summed E-state index contributed by atoms with van der Waals surface area (Å²) in [6.07, 6.45) is 1.39. The van der Waals surface area contributed by atoms with Crippen molar-refractivity contribution in [2.24, 2.45) is 16.0 Å². The van der Waals surface area contributed by atoms with Gasteiger partial charge in [-0.15, -0.1) is 0 Å². The quantitative estimate of drug-likeness (QED) is 0.455. The van der Waals surface area contributed by atoms with E-state index in [0.717, 1.165) is 0 Å². The molecule has 2 heterocycles. The van der Waals surface area contributed by atoms with Crippen LogP contribution in [0.25, 0.3) is 0 Å². The van der Waals surface area contributed by atoms with Gasteiger partial charge in [-0.05, 0) is 22.6 Å². The standard InChI is InChI=1S/C5H5IN4O/c6-5-8-3-2(1-7-10-3)4(11)9-5/h1-3,10H,(H,8,9,11). The summed E-state index contributed by atoms with van der Waals surface area (Å²) in [4.78, 5) is 15.3. The first-order chi connectivity index (χ1) is 5.27. The molecule has 0 fully saturated rings. The molecule has 2 unspecified atom stereocenters. The zero-order valence-corrected chi connectivity index (χ0v) is 7.57. The summed E-state index contributed by atoms with van der Waals surface area (Å²) in [6, 6.07) is 0. The number of nitrogens with zero attached hydrogens (tertiary/aromatic N) is 2. The van der Waals surface area contributed by atoms with Crippen LogP contribution in [0, 0.1) is 5.92 Å². The maximum Gasteiger partial charge on any atom is 0.238 e. The van der Waals surface area contributed by atoms with Crippen molar-refractivity contribution in [2.45, 2.75) is 6.17 Å². The molecule has 0 aromatic heterocycles. The molecule has 0 aromatic rings. The maximum atomic E-state index is 11.2. The van der Waals surface area contributed by atoms with E-state index in [4.69, 9.17) is 0 Å². The minimum absolute atomic E-state index is 0.0387. The van der Waals surface area contributed by atoms with Crippen molar-refractivity contribution >= 4 is 38.6 Å². The van der Waals surface area contributed by atoms with E-state index >= 15 is 0 Å². The summed E-state index contributed by atoms with van der Waals surface area (Å²) < 4.78 is 0.617. The Balaban J connectivity index is 2.30. The molecular weight excluding hydrogens is 259 g/mol. The van der Waals surface area contributed by atoms with Crippen molar-refractivity contribution in [1.29, 1.82) is 0 Å². The molecule has 0 aromatic carbocycles. The van der Waals surface area contributed by atoms with Crippen LogP contribution in [0.1, 0.15) is 0 Å². The number of carbonyl (C=O) groups excluding carboxylic acids is 1. The minimum Gasteiger partial charge on any atom is -0.305 e. The second-order valence-corrected chi connectivity index (χ2v) is 3.31. The van der Waals surface area contributed by atoms with Gasteiger partial charge in [0.05, 0.1) is 0 Å². The number of aliphatic imine (C=N–C) groups is 1. The third-order valence-electron chi connectivity index (χ3n) is 1.56. The van der Waals surface area contributed by atoms with Gasteiger partial charge in [0.25, 0.3) is 0 Å². The molecule has 2 N–H and O–H groups in total. The highest BCUT2D eigenvalue weighted by atomic mass is 127. The van der Waals surface area contributed by atoms with Gasteiger partial charge in [0.15, 0.2) is 10.0 Å². The van der Waals surface area contributed by atoms with E-state index in [1.54, 1.807) is 6.21 Å². The van der Waals surface area contributed by atoms with Gasteiger partial charge in [0.2, 0.25) is 5.91 Å². The Hall–Kier alpha value is -0.660. The summed E-state index contributed by atoms with van der Waals surface area (Å²) in [5.74, 6) is -0.267. The lowest BCUT2D eigenvalue weighted by Gasteiger charge is -2.19. The number of nitrogens with one attached hydrogen (secondary N) is 2. The Labute approximate surface area is 76.5 Å². The first kappa shape index (κ1) is 7.01. The van der Waals surface area contributed by atoms with Crippen molar-refractivity contribution in [3.05, 3.63) is 0 Å². The highest BCUT2D eigenvalue weighted by Gasteiger charge is 2.34. The Kier molecular flexibility index (Phi) is 1.55. The molecule has 58 valence electrons. The molecule has 0 spiro atoms. The largest absolute Gasteiger partial charge is 0.305 e. The lowest BCUT2D eigenvalue weighted by Crippen LogP contribution is -2.45. The van der Waals surface area contributed by atoms with Gasteiger partial charge < -0.3 is 5.32 Å². The first-order valence-corrected chi connectivity index (χ1v) is 4.18. The number of fused-ring (bicyclic) bond motifs is 1. The Morgan fingerprint density at radius 3 is 3.27 bits per heavy atom. The van der Waals surface area contributed by atoms with Gasteiger partial charge in [-0.2, -0.15) is 5.10 Å². The first-order valence-electron chi connectivity index (χ1n) is 3.10. The molecule has 11 heavy (non-hydrogen) atoms. The maximum absolute atomic E-state index is 11.2. The third-order valence-corrected chi connectivity index (χ3v) is 2.11. The normalized spacial score (nSPS) is 33.9. The zero-order valence-electron chi connectivity index (χ0n) is 5.41. The number of halogens is 1. The lowest BCUT2D eigenvalue weighted by atomic mass is 10.1. The predicted octanol–water partition coefficient (Wildman–Crippen LogP) is -0.562. The average molecular weight is 264 g/mol. The molecule has 0 saturated heterocycles. The minimum atomic E-state index is -0.228. The van der Waals surface area contributed by atoms with E-state index in [1.807, 2.05) is 22.6 Å². The van der Waals surface area contributed by atoms with Crippen molar-refractivity contribution in [3.8, 4) is 0 Å². The molecule has 2 aliphatic rings. The van der Waals surface area contributed by atoms with Gasteiger partial charge >= 0.3 is 0 Å². The molecule has 2 aliphatic heterocycles. The SMILES string of the molecule is O=C1NC(I)=NC2NN=CC12. The van der Waals surface area contributed by atoms with Gasteiger partial charge in [-0.3, -0.25) is 10.2 Å². The summed E-state index contributed by atoms with van der Waals surface area (Å²) in [7, 11) is 0. The van der Waals surface area contributed by atoms with E-state index < -0.39 is 0 Å². The van der Waals surface area contributed by atoms with Gasteiger partial charge in [0, 0.05) is 6.21 Å². The van der Waals surface area contributed by atoms with Crippen LogP contribution >= 0.6 is 22.6 Å². The fraction of sp³-hybridized carbons (Fsp3) is 0.400. The second-order valence-electron chi connectivity index (χ2n) is 2.29. The summed E-state index contributed by atoms with van der Waals surface area (Å²) in [5, 5.41) is 6.38. The summed E-state index contributed by atoms with van der Waals surface area (Å²) >= 11 is 1.97. The topological polar surface area (TPSA) is 65.8 Å². The second kappa shape index (κ2) is 2.43. The molecule has 6 heteroatoms. The molecule has 5 nitrogen and oxygen atoms in total. The average Bonchev–Trinajstić information content (AvgIpc) is 2.34. The van der Waals surface area contributed by atoms with Crippen molar-refractivity contribution in [1.82, 2.24) is 10.7 Å². The molecule has 0 saturated carbocycles. The molecule has 1 amide bonds. The number of carbonyl (C=O) groups is 1. The molecule has 0 radical (unpaired) electrons. The highest BCUT2D eigenvalue weighted by molar-refractivity contribution is 14.1. The number of amides is 1. The number of rotatable bonds is 0. The Bertz CT molecular complexity index is 261. The van der Waals surface area contributed by atoms with Crippen LogP contribution in [-0.4, -0.2) is 22.1 Å². The summed E-state index contributed by atoms with van der Waals surface area (Å²) in [6.45, 7) is 0. The molecular formula is C5H5IN4O.